The van der Waals surface area contributed by atoms with Gasteiger partial charge in [0.25, 0.3) is 5.91 Å². The Balaban J connectivity index is 1.69. The molecule has 0 aliphatic carbocycles. The van der Waals surface area contributed by atoms with Crippen LogP contribution in [0.25, 0.3) is 0 Å². The Morgan fingerprint density at radius 3 is 2.74 bits per heavy atom. The van der Waals surface area contributed by atoms with E-state index < -0.39 is 6.04 Å². The van der Waals surface area contributed by atoms with Gasteiger partial charge in [-0.05, 0) is 56.5 Å². The summed E-state index contributed by atoms with van der Waals surface area (Å²) >= 11 is 1.64. The SMILES string of the molecule is CCOc1cc2c(cc1CNC(=O)C(CCSC)NC(=O)c1ccccc1)OC(C)C2. The van der Waals surface area contributed by atoms with Crippen LogP contribution in [0.15, 0.2) is 42.5 Å². The standard InChI is InChI=1S/C24H30N2O4S/c1-4-29-21-13-18-12-16(2)30-22(18)14-19(21)15-25-24(28)20(10-11-31-3)26-23(27)17-8-6-5-7-9-17/h5-9,13-14,16,20H,4,10-12,15H2,1-3H3,(H,25,28)(H,26,27). The van der Waals surface area contributed by atoms with E-state index >= 15 is 0 Å². The van der Waals surface area contributed by atoms with Crippen LogP contribution in [0.4, 0.5) is 0 Å². The van der Waals surface area contributed by atoms with Gasteiger partial charge in [0.05, 0.1) is 6.61 Å². The van der Waals surface area contributed by atoms with Gasteiger partial charge in [0.15, 0.2) is 0 Å². The van der Waals surface area contributed by atoms with Crippen LogP contribution in [-0.4, -0.2) is 42.6 Å². The van der Waals surface area contributed by atoms with Crippen LogP contribution in [-0.2, 0) is 17.8 Å². The zero-order chi connectivity index (χ0) is 22.2. The number of thioether (sulfide) groups is 1. The van der Waals surface area contributed by atoms with Gasteiger partial charge in [-0.25, -0.2) is 0 Å². The summed E-state index contributed by atoms with van der Waals surface area (Å²) in [5.74, 6) is 1.90. The molecule has 1 heterocycles. The topological polar surface area (TPSA) is 76.7 Å². The van der Waals surface area contributed by atoms with E-state index in [-0.39, 0.29) is 17.9 Å². The molecule has 2 unspecified atom stereocenters. The minimum Gasteiger partial charge on any atom is -0.494 e. The summed E-state index contributed by atoms with van der Waals surface area (Å²) in [5.41, 5.74) is 2.52. The van der Waals surface area contributed by atoms with Crippen molar-refractivity contribution >= 4 is 23.6 Å². The highest BCUT2D eigenvalue weighted by Crippen LogP contribution is 2.35. The molecule has 7 heteroatoms. The van der Waals surface area contributed by atoms with Crippen molar-refractivity contribution in [3.05, 3.63) is 59.2 Å². The molecule has 2 amide bonds. The van der Waals surface area contributed by atoms with Gasteiger partial charge in [0.2, 0.25) is 5.91 Å². The summed E-state index contributed by atoms with van der Waals surface area (Å²) in [7, 11) is 0. The highest BCUT2D eigenvalue weighted by atomic mass is 32.2. The summed E-state index contributed by atoms with van der Waals surface area (Å²) in [6.07, 6.45) is 3.52. The average Bonchev–Trinajstić information content (AvgIpc) is 3.14. The number of ether oxygens (including phenoxy) is 2. The first kappa shape index (κ1) is 23.0. The van der Waals surface area contributed by atoms with Gasteiger partial charge in [-0.15, -0.1) is 0 Å². The third kappa shape index (κ3) is 6.17. The molecule has 0 aromatic heterocycles. The average molecular weight is 443 g/mol. The van der Waals surface area contributed by atoms with Crippen LogP contribution in [0.2, 0.25) is 0 Å². The van der Waals surface area contributed by atoms with E-state index in [2.05, 4.69) is 10.6 Å². The summed E-state index contributed by atoms with van der Waals surface area (Å²) in [6, 6.07) is 12.3. The molecule has 2 aromatic rings. The minimum absolute atomic E-state index is 0.137. The molecule has 0 saturated carbocycles. The normalized spacial score (nSPS) is 15.5. The van der Waals surface area contributed by atoms with Crippen molar-refractivity contribution in [1.29, 1.82) is 0 Å². The van der Waals surface area contributed by atoms with E-state index in [4.69, 9.17) is 9.47 Å². The zero-order valence-corrected chi connectivity index (χ0v) is 19.1. The van der Waals surface area contributed by atoms with E-state index in [0.717, 1.165) is 34.8 Å². The maximum absolute atomic E-state index is 12.9. The van der Waals surface area contributed by atoms with Crippen molar-refractivity contribution < 1.29 is 19.1 Å². The molecule has 0 fully saturated rings. The Hall–Kier alpha value is -2.67. The van der Waals surface area contributed by atoms with Crippen molar-refractivity contribution in [2.75, 3.05) is 18.6 Å². The van der Waals surface area contributed by atoms with Gasteiger partial charge in [0.1, 0.15) is 23.6 Å². The second-order valence-corrected chi connectivity index (χ2v) is 8.51. The highest BCUT2D eigenvalue weighted by Gasteiger charge is 2.24. The summed E-state index contributed by atoms with van der Waals surface area (Å²) < 4.78 is 11.7. The van der Waals surface area contributed by atoms with Gasteiger partial charge >= 0.3 is 0 Å². The molecule has 3 rings (SSSR count). The van der Waals surface area contributed by atoms with E-state index in [9.17, 15) is 9.59 Å². The molecule has 0 saturated heterocycles. The number of amides is 2. The number of carbonyl (C=O) groups excluding carboxylic acids is 2. The third-order valence-electron chi connectivity index (χ3n) is 5.10. The smallest absolute Gasteiger partial charge is 0.251 e. The lowest BCUT2D eigenvalue weighted by molar-refractivity contribution is -0.123. The van der Waals surface area contributed by atoms with Crippen LogP contribution < -0.4 is 20.1 Å². The van der Waals surface area contributed by atoms with Crippen LogP contribution >= 0.6 is 11.8 Å². The van der Waals surface area contributed by atoms with E-state index in [1.54, 1.807) is 36.0 Å². The van der Waals surface area contributed by atoms with E-state index in [0.29, 0.717) is 25.1 Å². The number of hydrogen-bond acceptors (Lipinski definition) is 5. The zero-order valence-electron chi connectivity index (χ0n) is 18.3. The largest absolute Gasteiger partial charge is 0.494 e. The number of carbonyl (C=O) groups is 2. The van der Waals surface area contributed by atoms with Crippen molar-refractivity contribution in [2.45, 2.75) is 45.4 Å². The molecule has 166 valence electrons. The lowest BCUT2D eigenvalue weighted by atomic mass is 10.1. The fourth-order valence-electron chi connectivity index (χ4n) is 3.55. The van der Waals surface area contributed by atoms with Crippen LogP contribution in [0.3, 0.4) is 0 Å². The second kappa shape index (κ2) is 11.1. The number of rotatable bonds is 10. The first-order valence-electron chi connectivity index (χ1n) is 10.6. The Morgan fingerprint density at radius 1 is 1.26 bits per heavy atom. The molecular weight excluding hydrogens is 412 g/mol. The molecule has 0 bridgehead atoms. The van der Waals surface area contributed by atoms with Crippen LogP contribution in [0.5, 0.6) is 11.5 Å². The fourth-order valence-corrected chi connectivity index (χ4v) is 4.02. The van der Waals surface area contributed by atoms with Crippen molar-refractivity contribution in [3.8, 4) is 11.5 Å². The van der Waals surface area contributed by atoms with Crippen molar-refractivity contribution in [3.63, 3.8) is 0 Å². The summed E-state index contributed by atoms with van der Waals surface area (Å²) in [4.78, 5) is 25.5. The fraction of sp³-hybridized carbons (Fsp3) is 0.417. The molecule has 31 heavy (non-hydrogen) atoms. The van der Waals surface area contributed by atoms with Crippen LogP contribution in [0.1, 0.15) is 41.8 Å². The lowest BCUT2D eigenvalue weighted by Crippen LogP contribution is -2.46. The highest BCUT2D eigenvalue weighted by molar-refractivity contribution is 7.98. The molecule has 1 aliphatic rings. The maximum atomic E-state index is 12.9. The number of hydrogen-bond donors (Lipinski definition) is 2. The monoisotopic (exact) mass is 442 g/mol. The first-order chi connectivity index (χ1) is 15.0. The number of fused-ring (bicyclic) bond motifs is 1. The third-order valence-corrected chi connectivity index (χ3v) is 5.74. The van der Waals surface area contributed by atoms with Gasteiger partial charge < -0.3 is 20.1 Å². The van der Waals surface area contributed by atoms with E-state index in [1.165, 1.54) is 0 Å². The second-order valence-electron chi connectivity index (χ2n) is 7.52. The molecule has 0 radical (unpaired) electrons. The quantitative estimate of drug-likeness (QED) is 0.588. The molecular formula is C24H30N2O4S. The minimum atomic E-state index is -0.610. The predicted octanol–water partition coefficient (Wildman–Crippen LogP) is 3.58. The summed E-state index contributed by atoms with van der Waals surface area (Å²) in [6.45, 7) is 4.82. The Labute approximate surface area is 188 Å². The van der Waals surface area contributed by atoms with Gasteiger partial charge in [-0.3, -0.25) is 9.59 Å². The predicted molar refractivity (Wildman–Crippen MR) is 124 cm³/mol. The first-order valence-corrected chi connectivity index (χ1v) is 12.0. The lowest BCUT2D eigenvalue weighted by Gasteiger charge is -2.19. The molecule has 0 spiro atoms. The van der Waals surface area contributed by atoms with E-state index in [1.807, 2.05) is 38.3 Å². The number of nitrogens with one attached hydrogen (secondary N) is 2. The Morgan fingerprint density at radius 2 is 2.03 bits per heavy atom. The number of benzene rings is 2. The van der Waals surface area contributed by atoms with Gasteiger partial charge in [-0.2, -0.15) is 11.8 Å². The van der Waals surface area contributed by atoms with Gasteiger partial charge in [-0.1, -0.05) is 18.2 Å². The molecule has 6 nitrogen and oxygen atoms in total. The summed E-state index contributed by atoms with van der Waals surface area (Å²) in [5, 5.41) is 5.84. The van der Waals surface area contributed by atoms with Gasteiger partial charge in [0, 0.05) is 29.7 Å². The molecule has 2 aromatic carbocycles. The molecule has 1 aliphatic heterocycles. The molecule has 2 atom stereocenters. The van der Waals surface area contributed by atoms with Crippen LogP contribution in [0, 0.1) is 0 Å². The van der Waals surface area contributed by atoms with Crippen molar-refractivity contribution in [2.24, 2.45) is 0 Å². The molecule has 2 N–H and O–H groups in total. The maximum Gasteiger partial charge on any atom is 0.251 e. The van der Waals surface area contributed by atoms with Crippen molar-refractivity contribution in [1.82, 2.24) is 10.6 Å². The Kier molecular flexibility index (Phi) is 8.23. The Bertz CT molecular complexity index is 904.